The smallest absolute Gasteiger partial charge is 0.128 e. The largest absolute Gasteiger partial charge is 0.508 e. The fourth-order valence-electron chi connectivity index (χ4n) is 4.95. The molecule has 3 aromatic carbocycles. The quantitative estimate of drug-likeness (QED) is 0.353. The molecule has 1 atom stereocenters. The molecule has 5 heteroatoms. The van der Waals surface area contributed by atoms with Crippen LogP contribution < -0.4 is 5.32 Å². The van der Waals surface area contributed by atoms with Gasteiger partial charge < -0.3 is 10.4 Å². The Balaban J connectivity index is 1.18. The van der Waals surface area contributed by atoms with Crippen molar-refractivity contribution in [2.75, 3.05) is 19.6 Å². The summed E-state index contributed by atoms with van der Waals surface area (Å²) in [5, 5.41) is 13.1. The van der Waals surface area contributed by atoms with Crippen LogP contribution in [0.2, 0.25) is 0 Å². The van der Waals surface area contributed by atoms with E-state index >= 15 is 0 Å². The molecule has 1 aromatic heterocycles. The first-order valence-electron chi connectivity index (χ1n) is 12.9. The molecular weight excluding hydrogens is 444 g/mol. The topological polar surface area (TPSA) is 61.3 Å². The second-order valence-corrected chi connectivity index (χ2v) is 9.65. The third-order valence-electron chi connectivity index (χ3n) is 6.80. The summed E-state index contributed by atoms with van der Waals surface area (Å²) < 4.78 is 0. The number of hydrogen-bond donors (Lipinski definition) is 2. The van der Waals surface area contributed by atoms with Crippen molar-refractivity contribution < 1.29 is 5.11 Å². The van der Waals surface area contributed by atoms with Gasteiger partial charge in [-0.15, -0.1) is 0 Å². The predicted molar refractivity (Wildman–Crippen MR) is 145 cm³/mol. The molecule has 184 valence electrons. The lowest BCUT2D eigenvalue weighted by atomic mass is 10.0. The maximum atomic E-state index is 9.45. The molecule has 0 aliphatic carbocycles. The van der Waals surface area contributed by atoms with Crippen LogP contribution >= 0.6 is 0 Å². The molecule has 5 nitrogen and oxygen atoms in total. The average molecular weight is 479 g/mol. The number of hydrogen-bond acceptors (Lipinski definition) is 5. The molecule has 0 unspecified atom stereocenters. The highest BCUT2D eigenvalue weighted by Gasteiger charge is 2.19. The van der Waals surface area contributed by atoms with Gasteiger partial charge in [0.1, 0.15) is 11.6 Å². The predicted octanol–water partition coefficient (Wildman–Crippen LogP) is 5.04. The molecule has 1 saturated heterocycles. The fraction of sp³-hybridized carbons (Fsp3) is 0.290. The van der Waals surface area contributed by atoms with E-state index in [-0.39, 0.29) is 0 Å². The van der Waals surface area contributed by atoms with E-state index in [0.717, 1.165) is 68.9 Å². The summed E-state index contributed by atoms with van der Waals surface area (Å²) in [4.78, 5) is 11.9. The highest BCUT2D eigenvalue weighted by Crippen LogP contribution is 2.20. The van der Waals surface area contributed by atoms with Gasteiger partial charge in [0.05, 0.1) is 5.69 Å². The number of nitrogens with zero attached hydrogens (tertiary/aromatic N) is 3. The summed E-state index contributed by atoms with van der Waals surface area (Å²) >= 11 is 0. The number of phenolic OH excluding ortho intramolecular Hbond substituents is 1. The number of aromatic hydroxyl groups is 1. The van der Waals surface area contributed by atoms with E-state index in [0.29, 0.717) is 11.8 Å². The van der Waals surface area contributed by atoms with Crippen molar-refractivity contribution in [3.8, 4) is 17.0 Å². The zero-order chi connectivity index (χ0) is 24.6. The van der Waals surface area contributed by atoms with E-state index < -0.39 is 0 Å². The van der Waals surface area contributed by atoms with Crippen molar-refractivity contribution in [3.05, 3.63) is 114 Å². The van der Waals surface area contributed by atoms with Gasteiger partial charge in [0.25, 0.3) is 0 Å². The van der Waals surface area contributed by atoms with Crippen molar-refractivity contribution >= 4 is 0 Å². The Bertz CT molecular complexity index is 1240. The van der Waals surface area contributed by atoms with Crippen LogP contribution in [-0.2, 0) is 25.8 Å². The van der Waals surface area contributed by atoms with E-state index in [4.69, 9.17) is 4.98 Å². The van der Waals surface area contributed by atoms with E-state index in [1.165, 1.54) is 16.7 Å². The Morgan fingerprint density at radius 3 is 2.56 bits per heavy atom. The molecule has 1 aliphatic heterocycles. The van der Waals surface area contributed by atoms with Crippen LogP contribution in [0.15, 0.2) is 91.1 Å². The SMILES string of the molecule is Oc1ccc(CCCc2nccc(-c3cccc(CN4CCN[C@H](Cc5ccccc5)C4)c3)n2)cc1. The number of rotatable bonds is 9. The molecule has 0 radical (unpaired) electrons. The maximum absolute atomic E-state index is 9.45. The summed E-state index contributed by atoms with van der Waals surface area (Å²) in [6.07, 6.45) is 5.68. The molecular formula is C31H34N4O. The second-order valence-electron chi connectivity index (χ2n) is 9.65. The Morgan fingerprint density at radius 2 is 1.69 bits per heavy atom. The van der Waals surface area contributed by atoms with Gasteiger partial charge in [-0.3, -0.25) is 4.90 Å². The van der Waals surface area contributed by atoms with Crippen LogP contribution in [-0.4, -0.2) is 45.7 Å². The van der Waals surface area contributed by atoms with Gasteiger partial charge in [0.15, 0.2) is 0 Å². The minimum absolute atomic E-state index is 0.306. The summed E-state index contributed by atoms with van der Waals surface area (Å²) in [6, 6.07) is 29.4. The highest BCUT2D eigenvalue weighted by molar-refractivity contribution is 5.59. The molecule has 2 heterocycles. The van der Waals surface area contributed by atoms with Crippen molar-refractivity contribution in [1.82, 2.24) is 20.2 Å². The van der Waals surface area contributed by atoms with Crippen LogP contribution in [0.3, 0.4) is 0 Å². The molecule has 0 bridgehead atoms. The van der Waals surface area contributed by atoms with E-state index in [9.17, 15) is 5.11 Å². The molecule has 2 N–H and O–H groups in total. The number of benzene rings is 3. The van der Waals surface area contributed by atoms with Crippen LogP contribution in [0, 0.1) is 0 Å². The minimum Gasteiger partial charge on any atom is -0.508 e. The molecule has 0 amide bonds. The summed E-state index contributed by atoms with van der Waals surface area (Å²) in [5.74, 6) is 1.18. The molecule has 36 heavy (non-hydrogen) atoms. The van der Waals surface area contributed by atoms with Crippen molar-refractivity contribution in [3.63, 3.8) is 0 Å². The average Bonchev–Trinajstić information content (AvgIpc) is 2.91. The lowest BCUT2D eigenvalue weighted by Gasteiger charge is -2.34. The number of aromatic nitrogens is 2. The van der Waals surface area contributed by atoms with Gasteiger partial charge in [-0.2, -0.15) is 0 Å². The van der Waals surface area contributed by atoms with Crippen LogP contribution in [0.25, 0.3) is 11.3 Å². The standard InChI is InChI=1S/C31H34N4O/c36-29-14-12-24(13-15-29)8-5-11-31-33-17-16-30(34-31)27-10-4-9-26(20-27)22-35-19-18-32-28(23-35)21-25-6-2-1-3-7-25/h1-4,6-7,9-10,12-17,20,28,32,36H,5,8,11,18-19,21-23H2/t28-/m1/s1. The van der Waals surface area contributed by atoms with Gasteiger partial charge in [-0.1, -0.05) is 60.7 Å². The van der Waals surface area contributed by atoms with E-state index in [2.05, 4.69) is 69.8 Å². The van der Waals surface area contributed by atoms with E-state index in [1.807, 2.05) is 24.4 Å². The zero-order valence-corrected chi connectivity index (χ0v) is 20.7. The third-order valence-corrected chi connectivity index (χ3v) is 6.80. The van der Waals surface area contributed by atoms with Crippen molar-refractivity contribution in [2.45, 2.75) is 38.3 Å². The van der Waals surface area contributed by atoms with Gasteiger partial charge in [0, 0.05) is 50.4 Å². The first-order valence-corrected chi connectivity index (χ1v) is 12.9. The fourth-order valence-corrected chi connectivity index (χ4v) is 4.95. The molecule has 4 aromatic rings. The highest BCUT2D eigenvalue weighted by atomic mass is 16.3. The van der Waals surface area contributed by atoms with Gasteiger partial charge in [0.2, 0.25) is 0 Å². The van der Waals surface area contributed by atoms with Crippen LogP contribution in [0.1, 0.15) is 28.9 Å². The Kier molecular flexibility index (Phi) is 8.01. The van der Waals surface area contributed by atoms with Gasteiger partial charge in [-0.05, 0) is 60.2 Å². The monoisotopic (exact) mass is 478 g/mol. The second kappa shape index (κ2) is 11.9. The molecule has 1 aliphatic rings. The first-order chi connectivity index (χ1) is 17.7. The summed E-state index contributed by atoms with van der Waals surface area (Å²) in [7, 11) is 0. The normalized spacial score (nSPS) is 16.2. The van der Waals surface area contributed by atoms with Gasteiger partial charge >= 0.3 is 0 Å². The van der Waals surface area contributed by atoms with Crippen LogP contribution in [0.4, 0.5) is 0 Å². The lowest BCUT2D eigenvalue weighted by Crippen LogP contribution is -2.51. The lowest BCUT2D eigenvalue weighted by molar-refractivity contribution is 0.192. The summed E-state index contributed by atoms with van der Waals surface area (Å²) in [5.41, 5.74) is 6.05. The molecule has 1 fully saturated rings. The molecule has 0 spiro atoms. The third kappa shape index (κ3) is 6.78. The number of phenols is 1. The number of nitrogens with one attached hydrogen (secondary N) is 1. The summed E-state index contributed by atoms with van der Waals surface area (Å²) in [6.45, 7) is 4.09. The Labute approximate surface area is 213 Å². The first kappa shape index (κ1) is 24.2. The number of aryl methyl sites for hydroxylation is 2. The minimum atomic E-state index is 0.306. The number of piperazine rings is 1. The maximum Gasteiger partial charge on any atom is 0.128 e. The molecule has 0 saturated carbocycles. The van der Waals surface area contributed by atoms with Gasteiger partial charge in [-0.25, -0.2) is 9.97 Å². The van der Waals surface area contributed by atoms with Crippen LogP contribution in [0.5, 0.6) is 5.75 Å². The zero-order valence-electron chi connectivity index (χ0n) is 20.7. The Morgan fingerprint density at radius 1 is 0.861 bits per heavy atom. The van der Waals surface area contributed by atoms with E-state index in [1.54, 1.807) is 12.1 Å². The van der Waals surface area contributed by atoms with Crippen molar-refractivity contribution in [2.24, 2.45) is 0 Å². The Hall–Kier alpha value is -3.54. The molecule has 5 rings (SSSR count). The van der Waals surface area contributed by atoms with Crippen molar-refractivity contribution in [1.29, 1.82) is 0 Å².